The van der Waals surface area contributed by atoms with Crippen molar-refractivity contribution in [2.45, 2.75) is 69.8 Å². The van der Waals surface area contributed by atoms with E-state index in [2.05, 4.69) is 36.9 Å². The zero-order chi connectivity index (χ0) is 35.3. The summed E-state index contributed by atoms with van der Waals surface area (Å²) in [6.07, 6.45) is 12.0. The first-order chi connectivity index (χ1) is 24.6. The molecule has 0 aromatic carbocycles. The minimum absolute atomic E-state index is 0.0163. The van der Waals surface area contributed by atoms with Gasteiger partial charge in [-0.3, -0.25) is 14.8 Å². The standard InChI is InChI=1S/C37H44N10O4/c1-36(2,3)51-35(48)44-23-37(24-44)8-5-9-45(37)10-11-50-29-13-30(34-26(14-38)16-42-47(34)22-29)31-17-40-32(18-39-31)43-20-27-12-28(21-43)46(27)19-25-6-7-33(49-4)41-15-25/h6-7,13,15-18,22,27-28H,5,8-12,19-21,23-24H2,1-4H3. The number of fused-ring (bicyclic) bond motifs is 3. The number of nitriles is 1. The number of pyridine rings is 2. The van der Waals surface area contributed by atoms with Crippen LogP contribution in [0.3, 0.4) is 0 Å². The summed E-state index contributed by atoms with van der Waals surface area (Å²) in [5, 5.41) is 14.3. The van der Waals surface area contributed by atoms with Crippen LogP contribution in [-0.2, 0) is 11.3 Å². The molecule has 14 nitrogen and oxygen atoms in total. The number of hydrogen-bond acceptors (Lipinski definition) is 12. The van der Waals surface area contributed by atoms with Crippen molar-refractivity contribution in [1.82, 2.24) is 39.3 Å². The molecule has 0 radical (unpaired) electrons. The van der Waals surface area contributed by atoms with Gasteiger partial charge in [0.15, 0.2) is 0 Å². The highest BCUT2D eigenvalue weighted by Crippen LogP contribution is 2.39. The van der Waals surface area contributed by atoms with Gasteiger partial charge in [-0.2, -0.15) is 10.4 Å². The van der Waals surface area contributed by atoms with Crippen LogP contribution < -0.4 is 14.4 Å². The monoisotopic (exact) mass is 692 g/mol. The summed E-state index contributed by atoms with van der Waals surface area (Å²) in [4.78, 5) is 35.7. The number of carbonyl (C=O) groups is 1. The second kappa shape index (κ2) is 13.0. The highest BCUT2D eigenvalue weighted by molar-refractivity contribution is 5.83. The molecule has 9 rings (SSSR count). The summed E-state index contributed by atoms with van der Waals surface area (Å²) < 4.78 is 18.8. The Bertz CT molecular complexity index is 1930. The van der Waals surface area contributed by atoms with Gasteiger partial charge in [-0.15, -0.1) is 0 Å². The van der Waals surface area contributed by atoms with Crippen LogP contribution in [0.15, 0.2) is 49.2 Å². The molecule has 2 atom stereocenters. The first kappa shape index (κ1) is 33.2. The van der Waals surface area contributed by atoms with Crippen LogP contribution in [0.25, 0.3) is 16.8 Å². The summed E-state index contributed by atoms with van der Waals surface area (Å²) in [7, 11) is 1.63. The number of piperazine rings is 1. The normalized spacial score (nSPS) is 21.3. The molecule has 2 bridgehead atoms. The van der Waals surface area contributed by atoms with Crippen molar-refractivity contribution in [1.29, 1.82) is 5.26 Å². The molecule has 4 aromatic heterocycles. The topological polar surface area (TPSA) is 137 Å². The molecule has 5 saturated heterocycles. The Hall–Kier alpha value is -5.00. The quantitative estimate of drug-likeness (QED) is 0.251. The maximum atomic E-state index is 12.6. The average molecular weight is 693 g/mol. The Kier molecular flexibility index (Phi) is 8.42. The number of likely N-dealkylation sites (tertiary alicyclic amines) is 2. The number of amides is 1. The molecule has 51 heavy (non-hydrogen) atoms. The van der Waals surface area contributed by atoms with Gasteiger partial charge in [0, 0.05) is 69.2 Å². The van der Waals surface area contributed by atoms with E-state index in [1.165, 1.54) is 12.0 Å². The van der Waals surface area contributed by atoms with Crippen LogP contribution >= 0.6 is 0 Å². The van der Waals surface area contributed by atoms with Gasteiger partial charge >= 0.3 is 6.09 Å². The third-order valence-electron chi connectivity index (χ3n) is 10.7. The molecule has 0 N–H and O–H groups in total. The van der Waals surface area contributed by atoms with Crippen molar-refractivity contribution in [3.8, 4) is 29.0 Å². The Morgan fingerprint density at radius 3 is 2.59 bits per heavy atom. The molecule has 5 aliphatic rings. The minimum Gasteiger partial charge on any atom is -0.491 e. The van der Waals surface area contributed by atoms with Crippen molar-refractivity contribution in [2.24, 2.45) is 0 Å². The number of hydrogen-bond donors (Lipinski definition) is 0. The fourth-order valence-electron chi connectivity index (χ4n) is 8.14. The number of anilines is 1. The number of methoxy groups -OCH3 is 1. The summed E-state index contributed by atoms with van der Waals surface area (Å²) in [6, 6.07) is 9.09. The van der Waals surface area contributed by atoms with E-state index < -0.39 is 5.60 Å². The van der Waals surface area contributed by atoms with Crippen molar-refractivity contribution in [2.75, 3.05) is 57.9 Å². The highest BCUT2D eigenvalue weighted by Gasteiger charge is 2.52. The molecule has 2 unspecified atom stereocenters. The first-order valence-electron chi connectivity index (χ1n) is 17.7. The van der Waals surface area contributed by atoms with Crippen molar-refractivity contribution in [3.05, 3.63) is 60.3 Å². The molecule has 5 fully saturated rings. The Labute approximate surface area is 297 Å². The molecule has 5 aliphatic heterocycles. The van der Waals surface area contributed by atoms with Crippen LogP contribution in [0, 0.1) is 11.3 Å². The van der Waals surface area contributed by atoms with Crippen LogP contribution in [0.1, 0.15) is 51.2 Å². The fourth-order valence-corrected chi connectivity index (χ4v) is 8.14. The van der Waals surface area contributed by atoms with Gasteiger partial charge < -0.3 is 24.0 Å². The lowest BCUT2D eigenvalue weighted by Gasteiger charge is -2.56. The molecule has 1 spiro atoms. The van der Waals surface area contributed by atoms with Crippen LogP contribution in [0.2, 0.25) is 0 Å². The molecule has 266 valence electrons. The van der Waals surface area contributed by atoms with E-state index >= 15 is 0 Å². The Morgan fingerprint density at radius 1 is 1.08 bits per heavy atom. The lowest BCUT2D eigenvalue weighted by Crippen LogP contribution is -2.69. The molecule has 0 aliphatic carbocycles. The van der Waals surface area contributed by atoms with Crippen LogP contribution in [0.4, 0.5) is 10.6 Å². The van der Waals surface area contributed by atoms with Gasteiger partial charge in [-0.1, -0.05) is 6.07 Å². The van der Waals surface area contributed by atoms with Crippen molar-refractivity contribution < 1.29 is 19.0 Å². The van der Waals surface area contributed by atoms with Gasteiger partial charge in [0.25, 0.3) is 0 Å². The smallest absolute Gasteiger partial charge is 0.410 e. The summed E-state index contributed by atoms with van der Waals surface area (Å²) in [5.41, 5.74) is 3.18. The van der Waals surface area contributed by atoms with Gasteiger partial charge in [-0.25, -0.2) is 19.3 Å². The maximum Gasteiger partial charge on any atom is 0.410 e. The molecule has 9 heterocycles. The van der Waals surface area contributed by atoms with Crippen molar-refractivity contribution >= 4 is 17.4 Å². The number of nitrogens with zero attached hydrogens (tertiary/aromatic N) is 10. The van der Waals surface area contributed by atoms with Crippen molar-refractivity contribution in [3.63, 3.8) is 0 Å². The first-order valence-corrected chi connectivity index (χ1v) is 17.7. The van der Waals surface area contributed by atoms with E-state index in [1.54, 1.807) is 28.9 Å². The SMILES string of the molecule is COc1ccc(CN2C3CC2CN(c2cnc(-c4cc(OCCN5CCCC56CN(C(=O)OC(C)(C)C)C6)cn5ncc(C#N)c45)cn2)C3)cn1. The highest BCUT2D eigenvalue weighted by atomic mass is 16.6. The van der Waals surface area contributed by atoms with Gasteiger partial charge in [0.05, 0.1) is 54.2 Å². The molecular weight excluding hydrogens is 648 g/mol. The van der Waals surface area contributed by atoms with E-state index in [0.29, 0.717) is 60.2 Å². The van der Waals surface area contributed by atoms with E-state index in [9.17, 15) is 10.1 Å². The molecule has 0 saturated carbocycles. The predicted octanol–water partition coefficient (Wildman–Crippen LogP) is 3.99. The van der Waals surface area contributed by atoms with Crippen LogP contribution in [-0.4, -0.2) is 122 Å². The number of piperidine rings is 1. The van der Waals surface area contributed by atoms with Gasteiger partial charge in [0.1, 0.15) is 29.8 Å². The average Bonchev–Trinajstić information content (AvgIpc) is 3.73. The largest absolute Gasteiger partial charge is 0.491 e. The molecule has 1 amide bonds. The lowest BCUT2D eigenvalue weighted by atomic mass is 9.87. The second-order valence-corrected chi connectivity index (χ2v) is 15.1. The van der Waals surface area contributed by atoms with E-state index in [-0.39, 0.29) is 11.6 Å². The lowest BCUT2D eigenvalue weighted by molar-refractivity contribution is -0.0503. The van der Waals surface area contributed by atoms with Gasteiger partial charge in [0.2, 0.25) is 5.88 Å². The zero-order valence-corrected chi connectivity index (χ0v) is 29.7. The summed E-state index contributed by atoms with van der Waals surface area (Å²) in [6.45, 7) is 11.9. The minimum atomic E-state index is -0.507. The maximum absolute atomic E-state index is 12.6. The van der Waals surface area contributed by atoms with Gasteiger partial charge in [-0.05, 0) is 58.2 Å². The summed E-state index contributed by atoms with van der Waals surface area (Å²) >= 11 is 0. The number of ether oxygens (including phenoxy) is 3. The number of rotatable bonds is 9. The molecule has 4 aromatic rings. The number of carbonyl (C=O) groups excluding carboxylic acids is 1. The van der Waals surface area contributed by atoms with E-state index in [0.717, 1.165) is 56.9 Å². The molecule has 14 heteroatoms. The third-order valence-corrected chi connectivity index (χ3v) is 10.7. The Morgan fingerprint density at radius 2 is 1.90 bits per heavy atom. The Balaban J connectivity index is 0.919. The zero-order valence-electron chi connectivity index (χ0n) is 29.7. The number of aromatic nitrogens is 5. The van der Waals surface area contributed by atoms with E-state index in [4.69, 9.17) is 24.2 Å². The van der Waals surface area contributed by atoms with Crippen LogP contribution in [0.5, 0.6) is 11.6 Å². The second-order valence-electron chi connectivity index (χ2n) is 15.1. The molecular formula is C37H44N10O4. The third kappa shape index (κ3) is 6.40. The van der Waals surface area contributed by atoms with E-state index in [1.807, 2.05) is 51.5 Å². The summed E-state index contributed by atoms with van der Waals surface area (Å²) in [5.74, 6) is 2.11. The predicted molar refractivity (Wildman–Crippen MR) is 189 cm³/mol. The fraction of sp³-hybridized carbons (Fsp3) is 0.514.